The summed E-state index contributed by atoms with van der Waals surface area (Å²) < 4.78 is 26.9. The van der Waals surface area contributed by atoms with Crippen LogP contribution in [0.3, 0.4) is 0 Å². The number of sulfone groups is 1. The summed E-state index contributed by atoms with van der Waals surface area (Å²) in [7, 11) is -0.982. The standard InChI is InChI=1S/C22H25N7O2S/c1-16-14-23-27(2)21(16)25-22-24-20-5-3-4-19(29(20)26-22)18-8-6-17(7-9-18)15-28-10-12-32(30,31)13-11-28/h3-9,14H,10-13,15H2,1-2H3,(H,25,26). The highest BCUT2D eigenvalue weighted by atomic mass is 32.2. The number of rotatable bonds is 5. The smallest absolute Gasteiger partial charge is 0.248 e. The van der Waals surface area contributed by atoms with Gasteiger partial charge in [0, 0.05) is 37.8 Å². The highest BCUT2D eigenvalue weighted by Gasteiger charge is 2.21. The van der Waals surface area contributed by atoms with Gasteiger partial charge in [-0.05, 0) is 24.6 Å². The van der Waals surface area contributed by atoms with Crippen LogP contribution in [0.25, 0.3) is 16.9 Å². The van der Waals surface area contributed by atoms with Crippen molar-refractivity contribution in [3.05, 3.63) is 59.8 Å². The molecule has 0 saturated carbocycles. The van der Waals surface area contributed by atoms with Gasteiger partial charge in [-0.1, -0.05) is 30.3 Å². The number of anilines is 2. The average Bonchev–Trinajstić information content (AvgIpc) is 3.34. The Balaban J connectivity index is 1.37. The van der Waals surface area contributed by atoms with Crippen molar-refractivity contribution >= 4 is 27.3 Å². The maximum absolute atomic E-state index is 11.6. The van der Waals surface area contributed by atoms with Crippen molar-refractivity contribution in [1.29, 1.82) is 0 Å². The van der Waals surface area contributed by atoms with E-state index in [2.05, 4.69) is 49.7 Å². The molecule has 5 rings (SSSR count). The van der Waals surface area contributed by atoms with Crippen LogP contribution in [-0.4, -0.2) is 62.3 Å². The van der Waals surface area contributed by atoms with Gasteiger partial charge in [-0.2, -0.15) is 10.1 Å². The number of benzene rings is 1. The van der Waals surface area contributed by atoms with Crippen molar-refractivity contribution in [1.82, 2.24) is 29.3 Å². The molecule has 1 saturated heterocycles. The molecule has 3 aromatic heterocycles. The van der Waals surface area contributed by atoms with Crippen LogP contribution in [0, 0.1) is 6.92 Å². The van der Waals surface area contributed by atoms with E-state index in [1.807, 2.05) is 36.7 Å². The largest absolute Gasteiger partial charge is 0.307 e. The minimum Gasteiger partial charge on any atom is -0.307 e. The average molecular weight is 452 g/mol. The van der Waals surface area contributed by atoms with Gasteiger partial charge in [-0.15, -0.1) is 5.10 Å². The summed E-state index contributed by atoms with van der Waals surface area (Å²) in [5.74, 6) is 1.86. The lowest BCUT2D eigenvalue weighted by Crippen LogP contribution is -2.39. The highest BCUT2D eigenvalue weighted by molar-refractivity contribution is 7.91. The molecule has 1 aliphatic heterocycles. The van der Waals surface area contributed by atoms with Crippen molar-refractivity contribution in [2.45, 2.75) is 13.5 Å². The number of aromatic nitrogens is 5. The van der Waals surface area contributed by atoms with Crippen molar-refractivity contribution in [3.63, 3.8) is 0 Å². The van der Waals surface area contributed by atoms with Gasteiger partial charge < -0.3 is 5.32 Å². The van der Waals surface area contributed by atoms with Gasteiger partial charge in [0.25, 0.3) is 0 Å². The molecule has 0 radical (unpaired) electrons. The topological polar surface area (TPSA) is 97.4 Å². The Morgan fingerprint density at radius 2 is 1.81 bits per heavy atom. The number of hydrogen-bond donors (Lipinski definition) is 1. The molecule has 9 nitrogen and oxygen atoms in total. The number of hydrogen-bond acceptors (Lipinski definition) is 7. The number of nitrogens with one attached hydrogen (secondary N) is 1. The molecule has 1 N–H and O–H groups in total. The molecule has 0 amide bonds. The van der Waals surface area contributed by atoms with Crippen molar-refractivity contribution in [2.24, 2.45) is 7.05 Å². The third kappa shape index (κ3) is 4.11. The second-order valence-electron chi connectivity index (χ2n) is 8.17. The van der Waals surface area contributed by atoms with E-state index in [1.165, 1.54) is 0 Å². The SMILES string of the molecule is Cc1cnn(C)c1Nc1nc2cccc(-c3ccc(CN4CCS(=O)(=O)CC4)cc3)n2n1. The van der Waals surface area contributed by atoms with Crippen molar-refractivity contribution in [2.75, 3.05) is 29.9 Å². The minimum atomic E-state index is -2.86. The van der Waals surface area contributed by atoms with Crippen LogP contribution in [0.2, 0.25) is 0 Å². The number of aryl methyl sites for hydroxylation is 2. The Labute approximate surface area is 186 Å². The third-order valence-electron chi connectivity index (χ3n) is 5.80. The summed E-state index contributed by atoms with van der Waals surface area (Å²) in [6.45, 7) is 3.92. The van der Waals surface area contributed by atoms with E-state index in [-0.39, 0.29) is 11.5 Å². The van der Waals surface area contributed by atoms with E-state index in [9.17, 15) is 8.42 Å². The molecule has 1 aromatic carbocycles. The second-order valence-corrected chi connectivity index (χ2v) is 10.5. The van der Waals surface area contributed by atoms with Gasteiger partial charge in [0.2, 0.25) is 5.95 Å². The molecule has 0 aliphatic carbocycles. The predicted octanol–water partition coefficient (Wildman–Crippen LogP) is 2.41. The highest BCUT2D eigenvalue weighted by Crippen LogP contribution is 2.24. The van der Waals surface area contributed by atoms with E-state index in [4.69, 9.17) is 0 Å². The molecule has 4 aromatic rings. The van der Waals surface area contributed by atoms with E-state index in [1.54, 1.807) is 10.9 Å². The number of fused-ring (bicyclic) bond motifs is 1. The van der Waals surface area contributed by atoms with E-state index < -0.39 is 9.84 Å². The van der Waals surface area contributed by atoms with Gasteiger partial charge in [-0.3, -0.25) is 9.58 Å². The Morgan fingerprint density at radius 3 is 2.50 bits per heavy atom. The zero-order valence-electron chi connectivity index (χ0n) is 18.1. The molecular weight excluding hydrogens is 426 g/mol. The molecule has 4 heterocycles. The second kappa shape index (κ2) is 8.03. The van der Waals surface area contributed by atoms with Gasteiger partial charge >= 0.3 is 0 Å². The number of pyridine rings is 1. The molecule has 10 heteroatoms. The first-order chi connectivity index (χ1) is 15.4. The summed E-state index contributed by atoms with van der Waals surface area (Å²) in [6, 6.07) is 14.2. The first-order valence-electron chi connectivity index (χ1n) is 10.5. The van der Waals surface area contributed by atoms with Crippen molar-refractivity contribution in [3.8, 4) is 11.3 Å². The van der Waals surface area contributed by atoms with Crippen LogP contribution in [-0.2, 0) is 23.4 Å². The fourth-order valence-corrected chi connectivity index (χ4v) is 5.23. The van der Waals surface area contributed by atoms with Crippen LogP contribution >= 0.6 is 0 Å². The summed E-state index contributed by atoms with van der Waals surface area (Å²) in [5, 5.41) is 12.2. The van der Waals surface area contributed by atoms with Gasteiger partial charge in [0.1, 0.15) is 5.82 Å². The quantitative estimate of drug-likeness (QED) is 0.498. The monoisotopic (exact) mass is 451 g/mol. The minimum absolute atomic E-state index is 0.244. The Morgan fingerprint density at radius 1 is 1.06 bits per heavy atom. The maximum Gasteiger partial charge on any atom is 0.248 e. The lowest BCUT2D eigenvalue weighted by Gasteiger charge is -2.26. The zero-order valence-corrected chi connectivity index (χ0v) is 18.9. The molecule has 32 heavy (non-hydrogen) atoms. The van der Waals surface area contributed by atoms with Crippen molar-refractivity contribution < 1.29 is 8.42 Å². The van der Waals surface area contributed by atoms with Crippen LogP contribution in [0.4, 0.5) is 11.8 Å². The molecule has 166 valence electrons. The lowest BCUT2D eigenvalue weighted by atomic mass is 10.1. The zero-order chi connectivity index (χ0) is 22.3. The van der Waals surface area contributed by atoms with Crippen LogP contribution in [0.1, 0.15) is 11.1 Å². The Hall–Kier alpha value is -3.24. The summed E-state index contributed by atoms with van der Waals surface area (Å²) in [6.07, 6.45) is 1.80. The fraction of sp³-hybridized carbons (Fsp3) is 0.318. The fourth-order valence-electron chi connectivity index (χ4n) is 3.96. The van der Waals surface area contributed by atoms with E-state index in [0.29, 0.717) is 19.0 Å². The molecule has 0 bridgehead atoms. The lowest BCUT2D eigenvalue weighted by molar-refractivity contribution is 0.287. The molecule has 0 atom stereocenters. The van der Waals surface area contributed by atoms with Gasteiger partial charge in [0.15, 0.2) is 15.5 Å². The molecule has 1 aliphatic rings. The normalized spacial score (nSPS) is 16.4. The number of nitrogens with zero attached hydrogens (tertiary/aromatic N) is 6. The van der Waals surface area contributed by atoms with Crippen LogP contribution < -0.4 is 5.32 Å². The van der Waals surface area contributed by atoms with Gasteiger partial charge in [0.05, 0.1) is 23.4 Å². The first-order valence-corrected chi connectivity index (χ1v) is 12.3. The molecule has 1 fully saturated rings. The van der Waals surface area contributed by atoms with Crippen LogP contribution in [0.15, 0.2) is 48.7 Å². The Kier molecular flexibility index (Phi) is 5.18. The maximum atomic E-state index is 11.6. The third-order valence-corrected chi connectivity index (χ3v) is 7.41. The Bertz CT molecular complexity index is 1340. The molecule has 0 unspecified atom stereocenters. The summed E-state index contributed by atoms with van der Waals surface area (Å²) in [5.41, 5.74) is 4.92. The van der Waals surface area contributed by atoms with E-state index >= 15 is 0 Å². The van der Waals surface area contributed by atoms with E-state index in [0.717, 1.165) is 40.4 Å². The summed E-state index contributed by atoms with van der Waals surface area (Å²) in [4.78, 5) is 6.79. The molecule has 0 spiro atoms. The van der Waals surface area contributed by atoms with Gasteiger partial charge in [-0.25, -0.2) is 12.9 Å². The predicted molar refractivity (Wildman–Crippen MR) is 124 cm³/mol. The summed E-state index contributed by atoms with van der Waals surface area (Å²) >= 11 is 0. The first kappa shape index (κ1) is 20.7. The molecular formula is C22H25N7O2S. The van der Waals surface area contributed by atoms with Crippen LogP contribution in [0.5, 0.6) is 0 Å².